The predicted octanol–water partition coefficient (Wildman–Crippen LogP) is 2.91. The number of nitrogens with two attached hydrogens (primary N) is 1. The number of nitrogens with one attached hydrogen (secondary N) is 1. The highest BCUT2D eigenvalue weighted by Crippen LogP contribution is 2.11. The van der Waals surface area contributed by atoms with Gasteiger partial charge in [0, 0.05) is 12.5 Å². The van der Waals surface area contributed by atoms with E-state index in [1.807, 2.05) is 0 Å². The maximum atomic E-state index is 13.2. The van der Waals surface area contributed by atoms with Crippen molar-refractivity contribution in [3.63, 3.8) is 0 Å². The van der Waals surface area contributed by atoms with Crippen molar-refractivity contribution in [2.24, 2.45) is 11.7 Å². The predicted molar refractivity (Wildman–Crippen MR) is 86.2 cm³/mol. The molecule has 7 heteroatoms. The number of alkyl carbamates (subject to hydrolysis) is 1. The highest BCUT2D eigenvalue weighted by Gasteiger charge is 2.20. The van der Waals surface area contributed by atoms with E-state index in [-0.39, 0.29) is 18.6 Å². The lowest BCUT2D eigenvalue weighted by molar-refractivity contribution is -0.119. The zero-order chi connectivity index (χ0) is 18.1. The van der Waals surface area contributed by atoms with Gasteiger partial charge in [-0.25, -0.2) is 13.6 Å². The highest BCUT2D eigenvalue weighted by atomic mass is 19.1. The van der Waals surface area contributed by atoms with Crippen molar-refractivity contribution in [2.75, 3.05) is 6.61 Å². The summed E-state index contributed by atoms with van der Waals surface area (Å²) >= 11 is 0. The summed E-state index contributed by atoms with van der Waals surface area (Å²) < 4.78 is 31.3. The SMILES string of the molecule is CCC(C)CCCOC(=O)N[C@@H](Cc1cc(F)cc(F)c1)C(N)=O. The van der Waals surface area contributed by atoms with Crippen LogP contribution in [-0.2, 0) is 16.0 Å². The minimum Gasteiger partial charge on any atom is -0.450 e. The molecule has 0 bridgehead atoms. The molecule has 0 aromatic heterocycles. The van der Waals surface area contributed by atoms with Crippen molar-refractivity contribution in [2.45, 2.75) is 45.6 Å². The first kappa shape index (κ1) is 19.9. The number of carbonyl (C=O) groups excluding carboxylic acids is 2. The molecule has 0 aliphatic rings. The second-order valence-electron chi connectivity index (χ2n) is 5.87. The first-order chi connectivity index (χ1) is 11.3. The zero-order valence-electron chi connectivity index (χ0n) is 14.0. The molecule has 0 heterocycles. The lowest BCUT2D eigenvalue weighted by atomic mass is 10.0. The summed E-state index contributed by atoms with van der Waals surface area (Å²) in [7, 11) is 0. The maximum absolute atomic E-state index is 13.2. The van der Waals surface area contributed by atoms with E-state index >= 15 is 0 Å². The van der Waals surface area contributed by atoms with E-state index in [0.717, 1.165) is 37.5 Å². The van der Waals surface area contributed by atoms with Crippen LogP contribution in [0.5, 0.6) is 0 Å². The average molecular weight is 342 g/mol. The summed E-state index contributed by atoms with van der Waals surface area (Å²) in [6.45, 7) is 4.43. The summed E-state index contributed by atoms with van der Waals surface area (Å²) in [5, 5.41) is 2.33. The molecule has 0 saturated carbocycles. The number of rotatable bonds is 9. The van der Waals surface area contributed by atoms with Gasteiger partial charge < -0.3 is 15.8 Å². The van der Waals surface area contributed by atoms with Gasteiger partial charge in [0.2, 0.25) is 5.91 Å². The quantitative estimate of drug-likeness (QED) is 0.677. The molecule has 1 rings (SSSR count). The van der Waals surface area contributed by atoms with Crippen molar-refractivity contribution < 1.29 is 23.1 Å². The van der Waals surface area contributed by atoms with Crippen molar-refractivity contribution in [1.82, 2.24) is 5.32 Å². The normalized spacial score (nSPS) is 13.2. The first-order valence-electron chi connectivity index (χ1n) is 7.99. The summed E-state index contributed by atoms with van der Waals surface area (Å²) in [5.41, 5.74) is 5.44. The Morgan fingerprint density at radius 2 is 1.88 bits per heavy atom. The van der Waals surface area contributed by atoms with Gasteiger partial charge in [-0.3, -0.25) is 4.79 Å². The van der Waals surface area contributed by atoms with Gasteiger partial charge in [-0.2, -0.15) is 0 Å². The van der Waals surface area contributed by atoms with E-state index < -0.39 is 29.7 Å². The van der Waals surface area contributed by atoms with Crippen LogP contribution in [0.1, 0.15) is 38.7 Å². The second-order valence-corrected chi connectivity index (χ2v) is 5.87. The molecular formula is C17H24F2N2O3. The number of amides is 2. The molecule has 134 valence electrons. The summed E-state index contributed by atoms with van der Waals surface area (Å²) in [4.78, 5) is 23.1. The fraction of sp³-hybridized carbons (Fsp3) is 0.529. The molecule has 0 saturated heterocycles. The van der Waals surface area contributed by atoms with Crippen LogP contribution in [-0.4, -0.2) is 24.6 Å². The molecule has 0 aliphatic carbocycles. The summed E-state index contributed by atoms with van der Waals surface area (Å²) in [5.74, 6) is -1.78. The van der Waals surface area contributed by atoms with Gasteiger partial charge in [-0.15, -0.1) is 0 Å². The Hall–Kier alpha value is -2.18. The highest BCUT2D eigenvalue weighted by molar-refractivity contribution is 5.84. The minimum atomic E-state index is -1.10. The van der Waals surface area contributed by atoms with Crippen LogP contribution in [0.2, 0.25) is 0 Å². The lowest BCUT2D eigenvalue weighted by Gasteiger charge is -2.16. The van der Waals surface area contributed by atoms with Crippen LogP contribution in [0.25, 0.3) is 0 Å². The molecule has 1 unspecified atom stereocenters. The maximum Gasteiger partial charge on any atom is 0.407 e. The Morgan fingerprint density at radius 3 is 2.42 bits per heavy atom. The summed E-state index contributed by atoms with van der Waals surface area (Å²) in [6, 6.07) is 1.78. The Labute approximate surface area is 140 Å². The number of hydrogen-bond acceptors (Lipinski definition) is 3. The second kappa shape index (κ2) is 9.85. The van der Waals surface area contributed by atoms with Gasteiger partial charge in [0.25, 0.3) is 0 Å². The number of benzene rings is 1. The molecule has 0 spiro atoms. The van der Waals surface area contributed by atoms with E-state index in [0.29, 0.717) is 5.92 Å². The molecule has 5 nitrogen and oxygen atoms in total. The molecule has 2 atom stereocenters. The standard InChI is InChI=1S/C17H24F2N2O3/c1-3-11(2)5-4-6-24-17(23)21-15(16(20)22)9-12-7-13(18)10-14(19)8-12/h7-8,10-11,15H,3-6,9H2,1-2H3,(H2,20,22)(H,21,23)/t11?,15-/m0/s1. The molecule has 1 aromatic rings. The third-order valence-corrected chi connectivity index (χ3v) is 3.77. The molecule has 0 radical (unpaired) electrons. The van der Waals surface area contributed by atoms with Crippen molar-refractivity contribution in [3.05, 3.63) is 35.4 Å². The number of halogens is 2. The molecule has 1 aromatic carbocycles. The van der Waals surface area contributed by atoms with E-state index in [1.165, 1.54) is 0 Å². The molecule has 0 aliphatic heterocycles. The Balaban J connectivity index is 2.50. The first-order valence-corrected chi connectivity index (χ1v) is 7.99. The number of carbonyl (C=O) groups is 2. The van der Waals surface area contributed by atoms with Gasteiger partial charge in [0.15, 0.2) is 0 Å². The van der Waals surface area contributed by atoms with Gasteiger partial charge in [-0.1, -0.05) is 20.3 Å². The molecule has 2 amide bonds. The fourth-order valence-electron chi connectivity index (χ4n) is 2.17. The average Bonchev–Trinajstić information content (AvgIpc) is 2.49. The van der Waals surface area contributed by atoms with Crippen molar-refractivity contribution in [3.8, 4) is 0 Å². The largest absolute Gasteiger partial charge is 0.450 e. The Morgan fingerprint density at radius 1 is 1.25 bits per heavy atom. The van der Waals surface area contributed by atoms with Gasteiger partial charge in [0.05, 0.1) is 6.61 Å². The molecule has 0 fully saturated rings. The summed E-state index contributed by atoms with van der Waals surface area (Å²) in [6.07, 6.45) is 1.82. The third-order valence-electron chi connectivity index (χ3n) is 3.77. The topological polar surface area (TPSA) is 81.4 Å². The van der Waals surface area contributed by atoms with E-state index in [1.54, 1.807) is 0 Å². The minimum absolute atomic E-state index is 0.119. The van der Waals surface area contributed by atoms with Crippen molar-refractivity contribution in [1.29, 1.82) is 0 Å². The Bertz CT molecular complexity index is 547. The number of primary amides is 1. The van der Waals surface area contributed by atoms with Gasteiger partial charge in [0.1, 0.15) is 17.7 Å². The van der Waals surface area contributed by atoms with Crippen molar-refractivity contribution >= 4 is 12.0 Å². The lowest BCUT2D eigenvalue weighted by Crippen LogP contribution is -2.46. The Kier molecular flexibility index (Phi) is 8.15. The number of hydrogen-bond donors (Lipinski definition) is 2. The number of ether oxygens (including phenoxy) is 1. The van der Waals surface area contributed by atoms with E-state index in [9.17, 15) is 18.4 Å². The van der Waals surface area contributed by atoms with Crippen LogP contribution in [0.3, 0.4) is 0 Å². The van der Waals surface area contributed by atoms with Crippen LogP contribution < -0.4 is 11.1 Å². The van der Waals surface area contributed by atoms with Crippen LogP contribution in [0.15, 0.2) is 18.2 Å². The fourth-order valence-corrected chi connectivity index (χ4v) is 2.17. The zero-order valence-corrected chi connectivity index (χ0v) is 14.0. The molecule has 3 N–H and O–H groups in total. The van der Waals surface area contributed by atoms with E-state index in [4.69, 9.17) is 10.5 Å². The van der Waals surface area contributed by atoms with E-state index in [2.05, 4.69) is 19.2 Å². The monoisotopic (exact) mass is 342 g/mol. The molecule has 24 heavy (non-hydrogen) atoms. The van der Waals surface area contributed by atoms with Crippen LogP contribution in [0.4, 0.5) is 13.6 Å². The van der Waals surface area contributed by atoms with Gasteiger partial charge >= 0.3 is 6.09 Å². The van der Waals surface area contributed by atoms with Crippen LogP contribution >= 0.6 is 0 Å². The van der Waals surface area contributed by atoms with Crippen LogP contribution in [0, 0.1) is 17.6 Å². The van der Waals surface area contributed by atoms with Gasteiger partial charge in [-0.05, 0) is 36.5 Å². The third kappa shape index (κ3) is 7.39. The smallest absolute Gasteiger partial charge is 0.407 e. The molecular weight excluding hydrogens is 318 g/mol.